The van der Waals surface area contributed by atoms with Crippen molar-refractivity contribution in [1.82, 2.24) is 9.97 Å². The largest absolute Gasteiger partial charge is 0.496 e. The predicted octanol–water partition coefficient (Wildman–Crippen LogP) is 2.63. The van der Waals surface area contributed by atoms with Crippen molar-refractivity contribution in [3.8, 4) is 5.75 Å². The van der Waals surface area contributed by atoms with Crippen molar-refractivity contribution in [3.63, 3.8) is 0 Å². The molecule has 0 aliphatic carbocycles. The van der Waals surface area contributed by atoms with Crippen LogP contribution in [-0.4, -0.2) is 42.9 Å². The number of anilines is 1. The number of morpholine rings is 1. The summed E-state index contributed by atoms with van der Waals surface area (Å²) < 4.78 is 11.8. The molecule has 0 amide bonds. The zero-order valence-electron chi connectivity index (χ0n) is 11.5. The third kappa shape index (κ3) is 2.33. The number of rotatable bonds is 2. The fraction of sp³-hybridized carbons (Fsp3) is 0.429. The first-order valence-corrected chi connectivity index (χ1v) is 7.32. The van der Waals surface area contributed by atoms with E-state index in [9.17, 15) is 0 Å². The molecule has 1 saturated heterocycles. The number of nitrogens with zero attached hydrogens (tertiary/aromatic N) is 3. The molecule has 1 aliphatic rings. The number of aromatic nitrogens is 2. The van der Waals surface area contributed by atoms with Crippen molar-refractivity contribution >= 4 is 32.7 Å². The highest BCUT2D eigenvalue weighted by Gasteiger charge is 2.22. The maximum Gasteiger partial charge on any atom is 0.140 e. The second kappa shape index (κ2) is 5.54. The first-order valence-electron chi connectivity index (χ1n) is 6.53. The minimum absolute atomic E-state index is 0.302. The quantitative estimate of drug-likeness (QED) is 0.842. The van der Waals surface area contributed by atoms with Gasteiger partial charge in [0.05, 0.1) is 36.4 Å². The van der Waals surface area contributed by atoms with E-state index in [-0.39, 0.29) is 0 Å². The number of fused-ring (bicyclic) bond motifs is 1. The number of methoxy groups -OCH3 is 1. The zero-order valence-corrected chi connectivity index (χ0v) is 13.1. The summed E-state index contributed by atoms with van der Waals surface area (Å²) in [5, 5.41) is 1.00. The molecule has 0 N–H and O–H groups in total. The molecule has 2 aromatic rings. The van der Waals surface area contributed by atoms with E-state index in [1.165, 1.54) is 0 Å². The maximum absolute atomic E-state index is 5.49. The summed E-state index contributed by atoms with van der Waals surface area (Å²) in [6.07, 6.45) is 1.61. The molecule has 0 bridgehead atoms. The number of ether oxygens (including phenoxy) is 2. The smallest absolute Gasteiger partial charge is 0.140 e. The third-order valence-electron chi connectivity index (χ3n) is 3.53. The molecule has 1 fully saturated rings. The van der Waals surface area contributed by atoms with Crippen molar-refractivity contribution in [1.29, 1.82) is 0 Å². The molecule has 3 rings (SSSR count). The van der Waals surface area contributed by atoms with Crippen LogP contribution in [0.25, 0.3) is 10.9 Å². The van der Waals surface area contributed by atoms with E-state index in [2.05, 4.69) is 37.7 Å². The number of benzene rings is 1. The van der Waals surface area contributed by atoms with Crippen LogP contribution in [0.5, 0.6) is 5.75 Å². The molecule has 1 aromatic carbocycles. The molecule has 1 atom stereocenters. The molecular formula is C14H16BrN3O2. The van der Waals surface area contributed by atoms with Crippen molar-refractivity contribution in [2.75, 3.05) is 31.8 Å². The van der Waals surface area contributed by atoms with Crippen LogP contribution in [0.3, 0.4) is 0 Å². The van der Waals surface area contributed by atoms with Crippen LogP contribution in [-0.2, 0) is 4.74 Å². The van der Waals surface area contributed by atoms with E-state index < -0.39 is 0 Å². The molecule has 0 radical (unpaired) electrons. The van der Waals surface area contributed by atoms with Crippen LogP contribution in [0.1, 0.15) is 6.92 Å². The molecule has 6 heteroatoms. The van der Waals surface area contributed by atoms with Crippen molar-refractivity contribution in [2.45, 2.75) is 13.0 Å². The molecule has 20 heavy (non-hydrogen) atoms. The summed E-state index contributed by atoms with van der Waals surface area (Å²) in [6.45, 7) is 4.43. The Labute approximate surface area is 126 Å². The summed E-state index contributed by atoms with van der Waals surface area (Å²) in [6, 6.07) is 4.25. The molecule has 2 heterocycles. The number of halogens is 1. The zero-order chi connectivity index (χ0) is 14.1. The fourth-order valence-corrected chi connectivity index (χ4v) is 2.96. The topological polar surface area (TPSA) is 47.5 Å². The molecule has 1 aliphatic heterocycles. The Morgan fingerprint density at radius 2 is 2.25 bits per heavy atom. The molecule has 106 valence electrons. The second-order valence-corrected chi connectivity index (χ2v) is 5.67. The van der Waals surface area contributed by atoms with Gasteiger partial charge in [-0.1, -0.05) is 0 Å². The highest BCUT2D eigenvalue weighted by Crippen LogP contribution is 2.33. The van der Waals surface area contributed by atoms with E-state index in [0.29, 0.717) is 6.04 Å². The molecular weight excluding hydrogens is 322 g/mol. The van der Waals surface area contributed by atoms with Gasteiger partial charge < -0.3 is 14.4 Å². The van der Waals surface area contributed by atoms with E-state index in [1.54, 1.807) is 13.4 Å². The summed E-state index contributed by atoms with van der Waals surface area (Å²) >= 11 is 3.49. The lowest BCUT2D eigenvalue weighted by Gasteiger charge is -2.34. The Morgan fingerprint density at radius 3 is 3.00 bits per heavy atom. The van der Waals surface area contributed by atoms with Gasteiger partial charge in [0.2, 0.25) is 0 Å². The fourth-order valence-electron chi connectivity index (χ4n) is 2.47. The Hall–Kier alpha value is -1.40. The van der Waals surface area contributed by atoms with Gasteiger partial charge in [-0.05, 0) is 35.0 Å². The lowest BCUT2D eigenvalue weighted by Crippen LogP contribution is -2.44. The Kier molecular flexibility index (Phi) is 3.76. The minimum atomic E-state index is 0.302. The average Bonchev–Trinajstić information content (AvgIpc) is 2.46. The highest BCUT2D eigenvalue weighted by atomic mass is 79.9. The van der Waals surface area contributed by atoms with Gasteiger partial charge >= 0.3 is 0 Å². The highest BCUT2D eigenvalue weighted by molar-refractivity contribution is 9.10. The van der Waals surface area contributed by atoms with Crippen molar-refractivity contribution < 1.29 is 9.47 Å². The van der Waals surface area contributed by atoms with E-state index in [1.807, 2.05) is 12.1 Å². The third-order valence-corrected chi connectivity index (χ3v) is 4.15. The van der Waals surface area contributed by atoms with Crippen molar-refractivity contribution in [2.24, 2.45) is 0 Å². The van der Waals surface area contributed by atoms with Gasteiger partial charge in [0.1, 0.15) is 17.9 Å². The van der Waals surface area contributed by atoms with Gasteiger partial charge in [0.15, 0.2) is 0 Å². The van der Waals surface area contributed by atoms with Crippen LogP contribution in [0.2, 0.25) is 0 Å². The number of hydrogen-bond donors (Lipinski definition) is 0. The van der Waals surface area contributed by atoms with Gasteiger partial charge in [-0.15, -0.1) is 0 Å². The first kappa shape index (κ1) is 13.6. The van der Waals surface area contributed by atoms with Crippen LogP contribution in [0, 0.1) is 0 Å². The van der Waals surface area contributed by atoms with Gasteiger partial charge in [0, 0.05) is 11.9 Å². The second-order valence-electron chi connectivity index (χ2n) is 4.82. The normalized spacial score (nSPS) is 19.4. The molecule has 0 spiro atoms. The van der Waals surface area contributed by atoms with E-state index >= 15 is 0 Å². The monoisotopic (exact) mass is 337 g/mol. The van der Waals surface area contributed by atoms with Crippen LogP contribution < -0.4 is 9.64 Å². The molecule has 0 saturated carbocycles. The van der Waals surface area contributed by atoms with E-state index in [4.69, 9.17) is 9.47 Å². The van der Waals surface area contributed by atoms with Gasteiger partial charge in [-0.25, -0.2) is 9.97 Å². The van der Waals surface area contributed by atoms with Gasteiger partial charge in [0.25, 0.3) is 0 Å². The average molecular weight is 338 g/mol. The van der Waals surface area contributed by atoms with Crippen LogP contribution >= 0.6 is 15.9 Å². The summed E-state index contributed by atoms with van der Waals surface area (Å²) in [5.74, 6) is 1.73. The minimum Gasteiger partial charge on any atom is -0.496 e. The van der Waals surface area contributed by atoms with Crippen molar-refractivity contribution in [3.05, 3.63) is 22.9 Å². The van der Waals surface area contributed by atoms with E-state index in [0.717, 1.165) is 46.7 Å². The lowest BCUT2D eigenvalue weighted by molar-refractivity contribution is 0.0987. The molecule has 1 aromatic heterocycles. The van der Waals surface area contributed by atoms with Gasteiger partial charge in [-0.2, -0.15) is 0 Å². The SMILES string of the molecule is COc1cc2c(N3CCOCC3C)ncnc2cc1Br. The van der Waals surface area contributed by atoms with Crippen LogP contribution in [0.4, 0.5) is 5.82 Å². The predicted molar refractivity (Wildman–Crippen MR) is 81.4 cm³/mol. The molecule has 5 nitrogen and oxygen atoms in total. The number of hydrogen-bond acceptors (Lipinski definition) is 5. The lowest BCUT2D eigenvalue weighted by atomic mass is 10.2. The summed E-state index contributed by atoms with van der Waals surface area (Å²) in [7, 11) is 1.66. The van der Waals surface area contributed by atoms with Crippen LogP contribution in [0.15, 0.2) is 22.9 Å². The van der Waals surface area contributed by atoms with Gasteiger partial charge in [-0.3, -0.25) is 0 Å². The Balaban J connectivity index is 2.14. The standard InChI is InChI=1S/C14H16BrN3O2/c1-9-7-20-4-3-18(9)14-10-5-13(19-2)11(15)6-12(10)16-8-17-14/h5-6,8-9H,3-4,7H2,1-2H3. The first-order chi connectivity index (χ1) is 9.70. The Bertz CT molecular complexity index is 635. The summed E-state index contributed by atoms with van der Waals surface area (Å²) in [5.41, 5.74) is 0.904. The summed E-state index contributed by atoms with van der Waals surface area (Å²) in [4.78, 5) is 11.1. The Morgan fingerprint density at radius 1 is 1.40 bits per heavy atom. The molecule has 1 unspecified atom stereocenters. The maximum atomic E-state index is 5.49.